The topological polar surface area (TPSA) is 78.9 Å². The first-order valence-electron chi connectivity index (χ1n) is 3.62. The maximum Gasteiger partial charge on any atom is 0.238 e. The molecule has 0 aromatic rings. The summed E-state index contributed by atoms with van der Waals surface area (Å²) >= 11 is 0. The summed E-state index contributed by atoms with van der Waals surface area (Å²) in [5.41, 5.74) is 6.33. The van der Waals surface area contributed by atoms with E-state index in [0.717, 1.165) is 5.57 Å². The van der Waals surface area contributed by atoms with Gasteiger partial charge in [0.1, 0.15) is 6.54 Å². The molecule has 0 saturated carbocycles. The molecule has 1 atom stereocenters. The zero-order chi connectivity index (χ0) is 9.56. The second kappa shape index (κ2) is 5.33. The van der Waals surface area contributed by atoms with Gasteiger partial charge in [0.25, 0.3) is 0 Å². The highest BCUT2D eigenvalue weighted by Crippen LogP contribution is 1.98. The number of rotatable bonds is 4. The zero-order valence-electron chi connectivity index (χ0n) is 7.13. The van der Waals surface area contributed by atoms with Gasteiger partial charge in [0.05, 0.1) is 12.1 Å². The van der Waals surface area contributed by atoms with Crippen LogP contribution in [0.1, 0.15) is 13.3 Å². The van der Waals surface area contributed by atoms with Crippen LogP contribution in [0.25, 0.3) is 0 Å². The number of amides is 1. The van der Waals surface area contributed by atoms with Crippen molar-refractivity contribution in [3.63, 3.8) is 0 Å². The first-order chi connectivity index (χ1) is 5.57. The molecule has 0 aromatic carbocycles. The van der Waals surface area contributed by atoms with Crippen LogP contribution in [0.4, 0.5) is 0 Å². The second-order valence-electron chi connectivity index (χ2n) is 2.64. The molecular weight excluding hydrogens is 154 g/mol. The summed E-state index contributed by atoms with van der Waals surface area (Å²) in [6.07, 6.45) is 0.456. The van der Waals surface area contributed by atoms with Crippen LogP contribution in [0.2, 0.25) is 0 Å². The van der Waals surface area contributed by atoms with Crippen molar-refractivity contribution in [2.75, 3.05) is 6.54 Å². The predicted octanol–water partition coefficient (Wildman–Crippen LogP) is -0.0803. The lowest BCUT2D eigenvalue weighted by Crippen LogP contribution is -2.40. The number of nitrogens with zero attached hydrogens (tertiary/aromatic N) is 1. The molecule has 4 heteroatoms. The van der Waals surface area contributed by atoms with Crippen LogP contribution in [0, 0.1) is 11.3 Å². The van der Waals surface area contributed by atoms with Gasteiger partial charge < -0.3 is 11.1 Å². The highest BCUT2D eigenvalue weighted by atomic mass is 16.2. The fraction of sp³-hybridized carbons (Fsp3) is 0.500. The quantitative estimate of drug-likeness (QED) is 0.454. The van der Waals surface area contributed by atoms with E-state index in [1.165, 1.54) is 0 Å². The van der Waals surface area contributed by atoms with Crippen LogP contribution in [-0.4, -0.2) is 18.5 Å². The molecule has 4 nitrogen and oxygen atoms in total. The molecule has 0 aliphatic rings. The average molecular weight is 167 g/mol. The summed E-state index contributed by atoms with van der Waals surface area (Å²) in [5, 5.41) is 10.5. The van der Waals surface area contributed by atoms with Crippen LogP contribution in [0.3, 0.4) is 0 Å². The summed E-state index contributed by atoms with van der Waals surface area (Å²) in [6, 6.07) is 1.21. The number of nitrogens with two attached hydrogens (primary N) is 1. The van der Waals surface area contributed by atoms with E-state index in [4.69, 9.17) is 11.0 Å². The summed E-state index contributed by atoms with van der Waals surface area (Å²) in [7, 11) is 0. The normalized spacial score (nSPS) is 11.4. The first-order valence-corrected chi connectivity index (χ1v) is 3.62. The fourth-order valence-electron chi connectivity index (χ4n) is 0.726. The van der Waals surface area contributed by atoms with Gasteiger partial charge in [-0.05, 0) is 13.3 Å². The minimum absolute atomic E-state index is 0.00270. The van der Waals surface area contributed by atoms with Gasteiger partial charge in [0, 0.05) is 0 Å². The van der Waals surface area contributed by atoms with E-state index in [1.807, 2.05) is 0 Å². The van der Waals surface area contributed by atoms with Gasteiger partial charge >= 0.3 is 0 Å². The van der Waals surface area contributed by atoms with Crippen molar-refractivity contribution in [2.45, 2.75) is 19.4 Å². The molecule has 0 aliphatic carbocycles. The van der Waals surface area contributed by atoms with E-state index in [9.17, 15) is 4.79 Å². The van der Waals surface area contributed by atoms with Gasteiger partial charge in [-0.3, -0.25) is 4.79 Å². The molecule has 0 aromatic heterocycles. The first kappa shape index (κ1) is 10.7. The molecule has 0 aliphatic heterocycles. The maximum atomic E-state index is 11.0. The second-order valence-corrected chi connectivity index (χ2v) is 2.64. The van der Waals surface area contributed by atoms with Crippen molar-refractivity contribution in [3.05, 3.63) is 12.2 Å². The summed E-state index contributed by atoms with van der Waals surface area (Å²) < 4.78 is 0. The van der Waals surface area contributed by atoms with E-state index in [2.05, 4.69) is 11.9 Å². The Morgan fingerprint density at radius 3 is 2.83 bits per heavy atom. The van der Waals surface area contributed by atoms with Crippen molar-refractivity contribution in [1.29, 1.82) is 5.26 Å². The lowest BCUT2D eigenvalue weighted by Gasteiger charge is -2.09. The van der Waals surface area contributed by atoms with E-state index >= 15 is 0 Å². The number of hydrogen-bond acceptors (Lipinski definition) is 3. The predicted molar refractivity (Wildman–Crippen MR) is 46.0 cm³/mol. The molecule has 1 amide bonds. The van der Waals surface area contributed by atoms with Crippen molar-refractivity contribution < 1.29 is 4.79 Å². The van der Waals surface area contributed by atoms with Crippen LogP contribution in [-0.2, 0) is 4.79 Å². The number of hydrogen-bond donors (Lipinski definition) is 2. The molecule has 0 spiro atoms. The molecule has 66 valence electrons. The van der Waals surface area contributed by atoms with E-state index in [1.54, 1.807) is 13.0 Å². The molecular formula is C8H13N3O. The lowest BCUT2D eigenvalue weighted by atomic mass is 10.1. The Hall–Kier alpha value is -1.34. The van der Waals surface area contributed by atoms with Crippen LogP contribution < -0.4 is 11.1 Å². The van der Waals surface area contributed by atoms with E-state index in [0.29, 0.717) is 6.42 Å². The smallest absolute Gasteiger partial charge is 0.238 e. The molecule has 0 bridgehead atoms. The van der Waals surface area contributed by atoms with Gasteiger partial charge in [-0.15, -0.1) is 6.58 Å². The SMILES string of the molecule is C=C(C)C[C@H](N)C(=O)NCC#N. The van der Waals surface area contributed by atoms with Gasteiger partial charge in [0.15, 0.2) is 0 Å². The Bertz CT molecular complexity index is 217. The van der Waals surface area contributed by atoms with Crippen molar-refractivity contribution in [1.82, 2.24) is 5.32 Å². The summed E-state index contributed by atoms with van der Waals surface area (Å²) in [4.78, 5) is 11.0. The average Bonchev–Trinajstić information content (AvgIpc) is 1.98. The third-order valence-corrected chi connectivity index (χ3v) is 1.25. The van der Waals surface area contributed by atoms with E-state index in [-0.39, 0.29) is 12.5 Å². The van der Waals surface area contributed by atoms with Gasteiger partial charge in [-0.25, -0.2) is 0 Å². The largest absolute Gasteiger partial charge is 0.342 e. The van der Waals surface area contributed by atoms with Crippen LogP contribution in [0.5, 0.6) is 0 Å². The van der Waals surface area contributed by atoms with Gasteiger partial charge in [-0.1, -0.05) is 5.57 Å². The number of nitrogens with one attached hydrogen (secondary N) is 1. The number of carbonyl (C=O) groups is 1. The maximum absolute atomic E-state index is 11.0. The molecule has 0 heterocycles. The third-order valence-electron chi connectivity index (χ3n) is 1.25. The molecule has 0 saturated heterocycles. The molecule has 0 rings (SSSR count). The summed E-state index contributed by atoms with van der Waals surface area (Å²) in [5.74, 6) is -0.306. The Balaban J connectivity index is 3.78. The van der Waals surface area contributed by atoms with Crippen molar-refractivity contribution in [3.8, 4) is 6.07 Å². The number of nitriles is 1. The third kappa shape index (κ3) is 4.47. The zero-order valence-corrected chi connectivity index (χ0v) is 7.13. The van der Waals surface area contributed by atoms with Crippen LogP contribution >= 0.6 is 0 Å². The van der Waals surface area contributed by atoms with Crippen molar-refractivity contribution in [2.24, 2.45) is 5.73 Å². The monoisotopic (exact) mass is 167 g/mol. The van der Waals surface area contributed by atoms with Gasteiger partial charge in [0.2, 0.25) is 5.91 Å². The molecule has 0 fully saturated rings. The van der Waals surface area contributed by atoms with Crippen molar-refractivity contribution >= 4 is 5.91 Å². The fourth-order valence-corrected chi connectivity index (χ4v) is 0.726. The van der Waals surface area contributed by atoms with Crippen LogP contribution in [0.15, 0.2) is 12.2 Å². The molecule has 0 unspecified atom stereocenters. The number of carbonyl (C=O) groups excluding carboxylic acids is 1. The highest BCUT2D eigenvalue weighted by Gasteiger charge is 2.11. The van der Waals surface area contributed by atoms with Gasteiger partial charge in [-0.2, -0.15) is 5.26 Å². The molecule has 12 heavy (non-hydrogen) atoms. The Morgan fingerprint density at radius 1 is 1.83 bits per heavy atom. The summed E-state index contributed by atoms with van der Waals surface area (Å²) in [6.45, 7) is 5.44. The molecule has 3 N–H and O–H groups in total. The minimum atomic E-state index is -0.587. The Labute approximate surface area is 72.0 Å². The molecule has 0 radical (unpaired) electrons. The Morgan fingerprint density at radius 2 is 2.42 bits per heavy atom. The highest BCUT2D eigenvalue weighted by molar-refractivity contribution is 5.81. The minimum Gasteiger partial charge on any atom is -0.342 e. The Kier molecular flexibility index (Phi) is 4.73. The lowest BCUT2D eigenvalue weighted by molar-refractivity contribution is -0.122. The van der Waals surface area contributed by atoms with E-state index < -0.39 is 6.04 Å². The standard InChI is InChI=1S/C8H13N3O/c1-6(2)5-7(10)8(12)11-4-3-9/h7H,1,4-5,10H2,2H3,(H,11,12)/t7-/m0/s1.